The Bertz CT molecular complexity index is 482. The first-order valence-electron chi connectivity index (χ1n) is 5.48. The van der Waals surface area contributed by atoms with E-state index < -0.39 is 0 Å². The molecule has 88 valence electrons. The number of nitrogens with zero attached hydrogens (tertiary/aromatic N) is 1. The molecule has 0 atom stereocenters. The van der Waals surface area contributed by atoms with Crippen molar-refractivity contribution < 1.29 is 5.11 Å². The molecule has 1 aromatic heterocycles. The van der Waals surface area contributed by atoms with Crippen LogP contribution in [0.1, 0.15) is 5.56 Å². The van der Waals surface area contributed by atoms with Gasteiger partial charge in [-0.3, -0.25) is 0 Å². The monoisotopic (exact) mass is 229 g/mol. The summed E-state index contributed by atoms with van der Waals surface area (Å²) in [4.78, 5) is 4.15. The Hall–Kier alpha value is -2.23. The van der Waals surface area contributed by atoms with Crippen LogP contribution >= 0.6 is 0 Å². The van der Waals surface area contributed by atoms with Crippen molar-refractivity contribution >= 4 is 11.5 Å². The highest BCUT2D eigenvalue weighted by atomic mass is 16.3. The predicted octanol–water partition coefficient (Wildman–Crippen LogP) is 2.02. The van der Waals surface area contributed by atoms with Gasteiger partial charge >= 0.3 is 0 Å². The Morgan fingerprint density at radius 1 is 1.18 bits per heavy atom. The van der Waals surface area contributed by atoms with Crippen LogP contribution in [0.4, 0.5) is 11.5 Å². The van der Waals surface area contributed by atoms with Gasteiger partial charge in [0.05, 0.1) is 5.69 Å². The molecule has 0 aliphatic carbocycles. The normalized spacial score (nSPS) is 10.1. The largest absolute Gasteiger partial charge is 0.508 e. The number of phenols is 1. The van der Waals surface area contributed by atoms with Crippen LogP contribution in [0.2, 0.25) is 0 Å². The number of pyridine rings is 1. The van der Waals surface area contributed by atoms with Crippen molar-refractivity contribution in [1.82, 2.24) is 4.98 Å². The number of hydrogen-bond acceptors (Lipinski definition) is 4. The summed E-state index contributed by atoms with van der Waals surface area (Å²) < 4.78 is 0. The number of aromatic nitrogens is 1. The Morgan fingerprint density at radius 3 is 2.65 bits per heavy atom. The highest BCUT2D eigenvalue weighted by Crippen LogP contribution is 2.13. The van der Waals surface area contributed by atoms with Gasteiger partial charge in [0.2, 0.25) is 0 Å². The summed E-state index contributed by atoms with van der Waals surface area (Å²) in [6.45, 7) is 0.756. The van der Waals surface area contributed by atoms with Gasteiger partial charge in [-0.15, -0.1) is 0 Å². The number of nitrogen functional groups attached to an aromatic ring is 1. The van der Waals surface area contributed by atoms with Gasteiger partial charge < -0.3 is 16.2 Å². The molecule has 4 nitrogen and oxygen atoms in total. The summed E-state index contributed by atoms with van der Waals surface area (Å²) in [5, 5.41) is 12.3. The van der Waals surface area contributed by atoms with E-state index in [2.05, 4.69) is 10.3 Å². The molecule has 0 aliphatic heterocycles. The van der Waals surface area contributed by atoms with Gasteiger partial charge in [0.15, 0.2) is 0 Å². The molecular formula is C13H15N3O. The molecule has 0 bridgehead atoms. The number of benzene rings is 1. The molecule has 0 fully saturated rings. The molecule has 2 aromatic rings. The number of hydrogen-bond donors (Lipinski definition) is 3. The van der Waals surface area contributed by atoms with Crippen molar-refractivity contribution in [3.63, 3.8) is 0 Å². The first-order chi connectivity index (χ1) is 8.25. The average molecular weight is 229 g/mol. The van der Waals surface area contributed by atoms with E-state index in [9.17, 15) is 0 Å². The van der Waals surface area contributed by atoms with E-state index in [1.54, 1.807) is 24.4 Å². The summed E-state index contributed by atoms with van der Waals surface area (Å²) in [5.74, 6) is 1.00. The number of rotatable bonds is 4. The highest BCUT2D eigenvalue weighted by molar-refractivity contribution is 5.60. The van der Waals surface area contributed by atoms with Gasteiger partial charge in [0.1, 0.15) is 11.6 Å². The second kappa shape index (κ2) is 5.21. The Labute approximate surface area is 100 Å². The Balaban J connectivity index is 1.88. The third-order valence-electron chi connectivity index (χ3n) is 2.48. The molecule has 0 spiro atoms. The molecule has 4 heteroatoms. The maximum atomic E-state index is 9.15. The van der Waals surface area contributed by atoms with Crippen LogP contribution in [-0.2, 0) is 6.42 Å². The van der Waals surface area contributed by atoms with E-state index in [4.69, 9.17) is 10.8 Å². The minimum Gasteiger partial charge on any atom is -0.508 e. The standard InChI is InChI=1S/C13H15N3O/c14-12-2-1-8-15-13(12)16-9-7-10-3-5-11(17)6-4-10/h1-6,8,17H,7,9,14H2,(H,15,16). The molecule has 1 heterocycles. The van der Waals surface area contributed by atoms with Crippen LogP contribution in [0, 0.1) is 0 Å². The number of aromatic hydroxyl groups is 1. The van der Waals surface area contributed by atoms with Gasteiger partial charge in [-0.1, -0.05) is 12.1 Å². The zero-order valence-corrected chi connectivity index (χ0v) is 9.43. The molecule has 2 rings (SSSR count). The van der Waals surface area contributed by atoms with Gasteiger partial charge in [0.25, 0.3) is 0 Å². The van der Waals surface area contributed by atoms with Crippen LogP contribution in [0.3, 0.4) is 0 Å². The molecule has 1 aromatic carbocycles. The molecule has 0 saturated carbocycles. The minimum atomic E-state index is 0.288. The number of nitrogens with two attached hydrogens (primary N) is 1. The lowest BCUT2D eigenvalue weighted by atomic mass is 10.1. The lowest BCUT2D eigenvalue weighted by molar-refractivity contribution is 0.475. The molecular weight excluding hydrogens is 214 g/mol. The predicted molar refractivity (Wildman–Crippen MR) is 68.9 cm³/mol. The molecule has 0 aliphatic rings. The van der Waals surface area contributed by atoms with E-state index in [-0.39, 0.29) is 5.75 Å². The molecule has 17 heavy (non-hydrogen) atoms. The van der Waals surface area contributed by atoms with E-state index in [0.717, 1.165) is 18.5 Å². The van der Waals surface area contributed by atoms with E-state index >= 15 is 0 Å². The van der Waals surface area contributed by atoms with Crippen molar-refractivity contribution in [3.8, 4) is 5.75 Å². The summed E-state index contributed by atoms with van der Waals surface area (Å²) in [5.41, 5.74) is 7.57. The topological polar surface area (TPSA) is 71.2 Å². The second-order valence-corrected chi connectivity index (χ2v) is 3.78. The second-order valence-electron chi connectivity index (χ2n) is 3.78. The third-order valence-corrected chi connectivity index (χ3v) is 2.48. The Morgan fingerprint density at radius 2 is 1.94 bits per heavy atom. The van der Waals surface area contributed by atoms with Crippen LogP contribution in [0.15, 0.2) is 42.6 Å². The quantitative estimate of drug-likeness (QED) is 0.750. The fraction of sp³-hybridized carbons (Fsp3) is 0.154. The van der Waals surface area contributed by atoms with Gasteiger partial charge in [-0.05, 0) is 36.2 Å². The van der Waals surface area contributed by atoms with Crippen LogP contribution in [0.5, 0.6) is 5.75 Å². The fourth-order valence-electron chi connectivity index (χ4n) is 1.55. The van der Waals surface area contributed by atoms with Gasteiger partial charge in [0, 0.05) is 12.7 Å². The van der Waals surface area contributed by atoms with Crippen molar-refractivity contribution in [1.29, 1.82) is 0 Å². The van der Waals surface area contributed by atoms with Gasteiger partial charge in [-0.2, -0.15) is 0 Å². The number of phenolic OH excluding ortho intramolecular Hbond substituents is 1. The van der Waals surface area contributed by atoms with E-state index in [0.29, 0.717) is 11.5 Å². The lowest BCUT2D eigenvalue weighted by Gasteiger charge is -2.07. The third kappa shape index (κ3) is 3.11. The van der Waals surface area contributed by atoms with Crippen molar-refractivity contribution in [2.45, 2.75) is 6.42 Å². The minimum absolute atomic E-state index is 0.288. The molecule has 0 saturated heterocycles. The van der Waals surface area contributed by atoms with Crippen molar-refractivity contribution in [2.24, 2.45) is 0 Å². The molecule has 0 unspecified atom stereocenters. The van der Waals surface area contributed by atoms with Crippen LogP contribution in [-0.4, -0.2) is 16.6 Å². The zero-order chi connectivity index (χ0) is 12.1. The van der Waals surface area contributed by atoms with Crippen LogP contribution in [0.25, 0.3) is 0 Å². The van der Waals surface area contributed by atoms with Crippen molar-refractivity contribution in [3.05, 3.63) is 48.2 Å². The summed E-state index contributed by atoms with van der Waals surface area (Å²) in [7, 11) is 0. The van der Waals surface area contributed by atoms with Crippen molar-refractivity contribution in [2.75, 3.05) is 17.6 Å². The highest BCUT2D eigenvalue weighted by Gasteiger charge is 1.98. The first-order valence-corrected chi connectivity index (χ1v) is 5.48. The summed E-state index contributed by atoms with van der Waals surface area (Å²) in [6, 6.07) is 10.8. The van der Waals surface area contributed by atoms with E-state index in [1.807, 2.05) is 18.2 Å². The fourth-order valence-corrected chi connectivity index (χ4v) is 1.55. The lowest BCUT2D eigenvalue weighted by Crippen LogP contribution is -2.08. The summed E-state index contributed by atoms with van der Waals surface area (Å²) >= 11 is 0. The molecule has 0 amide bonds. The maximum absolute atomic E-state index is 9.15. The summed E-state index contributed by atoms with van der Waals surface area (Å²) in [6.07, 6.45) is 2.57. The molecule has 0 radical (unpaired) electrons. The smallest absolute Gasteiger partial charge is 0.149 e. The number of anilines is 2. The molecule has 4 N–H and O–H groups in total. The SMILES string of the molecule is Nc1cccnc1NCCc1ccc(O)cc1. The number of nitrogens with one attached hydrogen (secondary N) is 1. The zero-order valence-electron chi connectivity index (χ0n) is 9.43. The van der Waals surface area contributed by atoms with E-state index in [1.165, 1.54) is 0 Å². The maximum Gasteiger partial charge on any atom is 0.149 e. The van der Waals surface area contributed by atoms with Gasteiger partial charge in [-0.25, -0.2) is 4.98 Å². The average Bonchev–Trinajstić information content (AvgIpc) is 2.34. The first kappa shape index (κ1) is 11.3. The van der Waals surface area contributed by atoms with Crippen LogP contribution < -0.4 is 11.1 Å². The Kier molecular flexibility index (Phi) is 3.45.